The molecule has 1 saturated heterocycles. The average Bonchev–Trinajstić information content (AvgIpc) is 3.31. The molecule has 3 amide bonds. The first-order valence-electron chi connectivity index (χ1n) is 9.78. The second-order valence-corrected chi connectivity index (χ2v) is 7.43. The van der Waals surface area contributed by atoms with E-state index >= 15 is 0 Å². The highest BCUT2D eigenvalue weighted by Crippen LogP contribution is 2.36. The maximum Gasteiger partial charge on any atom is 0.325 e. The zero-order valence-corrected chi connectivity index (χ0v) is 16.4. The summed E-state index contributed by atoms with van der Waals surface area (Å²) in [5.74, 6) is -0.307. The number of imidazole rings is 1. The normalized spacial score (nSPS) is 15.6. The molecule has 1 aliphatic heterocycles. The van der Waals surface area contributed by atoms with Crippen molar-refractivity contribution in [2.24, 2.45) is 0 Å². The Hall–Kier alpha value is -3.93. The molecule has 6 nitrogen and oxygen atoms in total. The van der Waals surface area contributed by atoms with E-state index in [2.05, 4.69) is 10.3 Å². The van der Waals surface area contributed by atoms with Crippen LogP contribution in [-0.2, 0) is 16.9 Å². The molecular formula is C24H20N4O2. The molecule has 4 aromatic rings. The van der Waals surface area contributed by atoms with Gasteiger partial charge in [0.2, 0.25) is 0 Å². The van der Waals surface area contributed by atoms with E-state index < -0.39 is 11.6 Å². The van der Waals surface area contributed by atoms with Gasteiger partial charge in [-0.25, -0.2) is 9.78 Å². The number of pyridine rings is 1. The van der Waals surface area contributed by atoms with Gasteiger partial charge in [-0.15, -0.1) is 0 Å². The molecule has 0 bridgehead atoms. The Kier molecular flexibility index (Phi) is 4.13. The molecule has 0 spiro atoms. The van der Waals surface area contributed by atoms with Crippen LogP contribution >= 0.6 is 0 Å². The number of nitrogens with zero attached hydrogens (tertiary/aromatic N) is 3. The third-order valence-electron chi connectivity index (χ3n) is 5.59. The summed E-state index contributed by atoms with van der Waals surface area (Å²) in [6, 6.07) is 24.1. The Balaban J connectivity index is 1.57. The molecule has 0 atom stereocenters. The molecule has 148 valence electrons. The molecule has 0 radical (unpaired) electrons. The largest absolute Gasteiger partial charge is 0.325 e. The summed E-state index contributed by atoms with van der Waals surface area (Å²) in [5.41, 5.74) is 2.67. The van der Waals surface area contributed by atoms with Gasteiger partial charge in [0.1, 0.15) is 5.65 Å². The minimum atomic E-state index is -1.26. The van der Waals surface area contributed by atoms with E-state index in [-0.39, 0.29) is 12.5 Å². The predicted octanol–water partition coefficient (Wildman–Crippen LogP) is 3.64. The van der Waals surface area contributed by atoms with Gasteiger partial charge < -0.3 is 9.72 Å². The van der Waals surface area contributed by atoms with Crippen molar-refractivity contribution < 1.29 is 9.59 Å². The van der Waals surface area contributed by atoms with E-state index in [1.165, 1.54) is 4.90 Å². The molecule has 6 heteroatoms. The molecular weight excluding hydrogens is 376 g/mol. The second kappa shape index (κ2) is 6.84. The highest BCUT2D eigenvalue weighted by atomic mass is 16.2. The van der Waals surface area contributed by atoms with Crippen molar-refractivity contribution in [1.82, 2.24) is 19.6 Å². The number of hydrogen-bond donors (Lipinski definition) is 1. The molecule has 2 aromatic heterocycles. The lowest BCUT2D eigenvalue weighted by atomic mass is 9.82. The second-order valence-electron chi connectivity index (χ2n) is 7.43. The maximum atomic E-state index is 13.7. The molecule has 3 heterocycles. The molecule has 0 aliphatic carbocycles. The Labute approximate surface area is 173 Å². The van der Waals surface area contributed by atoms with Crippen LogP contribution in [0.25, 0.3) is 5.65 Å². The van der Waals surface area contributed by atoms with Gasteiger partial charge >= 0.3 is 6.03 Å². The molecule has 0 saturated carbocycles. The minimum Gasteiger partial charge on any atom is -0.315 e. The lowest BCUT2D eigenvalue weighted by Gasteiger charge is -2.27. The Morgan fingerprint density at radius 3 is 2.10 bits per heavy atom. The van der Waals surface area contributed by atoms with Crippen LogP contribution in [-0.4, -0.2) is 26.2 Å². The van der Waals surface area contributed by atoms with Crippen molar-refractivity contribution in [1.29, 1.82) is 0 Å². The van der Waals surface area contributed by atoms with Crippen molar-refractivity contribution in [3.8, 4) is 0 Å². The maximum absolute atomic E-state index is 13.7. The fraction of sp³-hybridized carbons (Fsp3) is 0.125. The number of aryl methyl sites for hydroxylation is 1. The van der Waals surface area contributed by atoms with Crippen molar-refractivity contribution in [2.45, 2.75) is 19.0 Å². The fourth-order valence-corrected chi connectivity index (χ4v) is 4.09. The van der Waals surface area contributed by atoms with E-state index in [1.807, 2.05) is 96.4 Å². The van der Waals surface area contributed by atoms with Crippen molar-refractivity contribution in [3.63, 3.8) is 0 Å². The molecule has 1 aliphatic rings. The van der Waals surface area contributed by atoms with Gasteiger partial charge in [-0.05, 0) is 30.2 Å². The summed E-state index contributed by atoms with van der Waals surface area (Å²) in [4.78, 5) is 32.6. The van der Waals surface area contributed by atoms with Crippen LogP contribution in [0.3, 0.4) is 0 Å². The van der Waals surface area contributed by atoms with Gasteiger partial charge in [0.15, 0.2) is 5.54 Å². The number of benzene rings is 2. The van der Waals surface area contributed by atoms with E-state index in [0.717, 1.165) is 22.5 Å². The van der Waals surface area contributed by atoms with Crippen LogP contribution in [0.2, 0.25) is 0 Å². The van der Waals surface area contributed by atoms with Gasteiger partial charge in [-0.2, -0.15) is 0 Å². The topological polar surface area (TPSA) is 66.7 Å². The van der Waals surface area contributed by atoms with E-state index in [0.29, 0.717) is 5.69 Å². The summed E-state index contributed by atoms with van der Waals surface area (Å²) >= 11 is 0. The highest BCUT2D eigenvalue weighted by molar-refractivity contribution is 6.09. The van der Waals surface area contributed by atoms with Gasteiger partial charge in [-0.3, -0.25) is 9.69 Å². The van der Waals surface area contributed by atoms with E-state index in [1.54, 1.807) is 0 Å². The fourth-order valence-electron chi connectivity index (χ4n) is 4.09. The summed E-state index contributed by atoms with van der Waals surface area (Å²) < 4.78 is 1.95. The highest BCUT2D eigenvalue weighted by Gasteiger charge is 2.53. The van der Waals surface area contributed by atoms with Crippen LogP contribution in [0.4, 0.5) is 4.79 Å². The number of urea groups is 1. The zero-order valence-electron chi connectivity index (χ0n) is 16.4. The van der Waals surface area contributed by atoms with Gasteiger partial charge in [-0.1, -0.05) is 66.7 Å². The minimum absolute atomic E-state index is 0.104. The molecule has 1 N–H and O–H groups in total. The molecule has 30 heavy (non-hydrogen) atoms. The van der Waals surface area contributed by atoms with Crippen LogP contribution in [0.15, 0.2) is 85.1 Å². The zero-order chi connectivity index (χ0) is 20.7. The van der Waals surface area contributed by atoms with Gasteiger partial charge in [0.05, 0.1) is 12.2 Å². The van der Waals surface area contributed by atoms with Crippen LogP contribution in [0.1, 0.15) is 22.5 Å². The first-order valence-corrected chi connectivity index (χ1v) is 9.78. The lowest BCUT2D eigenvalue weighted by molar-refractivity contribution is -0.130. The van der Waals surface area contributed by atoms with Gasteiger partial charge in [0, 0.05) is 11.9 Å². The molecule has 5 rings (SSSR count). The quantitative estimate of drug-likeness (QED) is 0.536. The lowest BCUT2D eigenvalue weighted by Crippen LogP contribution is -2.45. The number of carbonyl (C=O) groups is 2. The van der Waals surface area contributed by atoms with Crippen LogP contribution in [0, 0.1) is 6.92 Å². The average molecular weight is 396 g/mol. The summed E-state index contributed by atoms with van der Waals surface area (Å²) in [7, 11) is 0. The Morgan fingerprint density at radius 2 is 1.50 bits per heavy atom. The van der Waals surface area contributed by atoms with Crippen molar-refractivity contribution in [3.05, 3.63) is 108 Å². The van der Waals surface area contributed by atoms with Crippen LogP contribution in [0.5, 0.6) is 0 Å². The smallest absolute Gasteiger partial charge is 0.315 e. The molecule has 0 unspecified atom stereocenters. The first kappa shape index (κ1) is 18.1. The SMILES string of the molecule is Cc1cccc2nc(CN3C(=O)NC(c4ccccc4)(c4ccccc4)C3=O)cn12. The number of amides is 3. The monoisotopic (exact) mass is 396 g/mol. The summed E-state index contributed by atoms with van der Waals surface area (Å²) in [5, 5.41) is 2.97. The number of imide groups is 1. The van der Waals surface area contributed by atoms with Crippen LogP contribution < -0.4 is 5.32 Å². The molecule has 2 aromatic carbocycles. The summed E-state index contributed by atoms with van der Waals surface area (Å²) in [6.07, 6.45) is 1.87. The first-order chi connectivity index (χ1) is 14.6. The standard InChI is InChI=1S/C24H20N4O2/c1-17-9-8-14-21-25-20(15-27(17)21)16-28-22(29)24(26-23(28)30,18-10-4-2-5-11-18)19-12-6-3-7-13-19/h2-15H,16H2,1H3,(H,26,30). The number of aromatic nitrogens is 2. The predicted molar refractivity (Wildman–Crippen MR) is 113 cm³/mol. The number of rotatable bonds is 4. The van der Waals surface area contributed by atoms with Crippen molar-refractivity contribution in [2.75, 3.05) is 0 Å². The third-order valence-corrected chi connectivity index (χ3v) is 5.59. The third kappa shape index (κ3) is 2.69. The van der Waals surface area contributed by atoms with Gasteiger partial charge in [0.25, 0.3) is 5.91 Å². The number of fused-ring (bicyclic) bond motifs is 1. The number of nitrogens with one attached hydrogen (secondary N) is 1. The molecule has 1 fully saturated rings. The van der Waals surface area contributed by atoms with E-state index in [4.69, 9.17) is 0 Å². The Bertz CT molecular complexity index is 1210. The number of carbonyl (C=O) groups excluding carboxylic acids is 2. The van der Waals surface area contributed by atoms with E-state index in [9.17, 15) is 9.59 Å². The summed E-state index contributed by atoms with van der Waals surface area (Å²) in [6.45, 7) is 2.09. The van der Waals surface area contributed by atoms with Crippen molar-refractivity contribution >= 4 is 17.6 Å². The Morgan fingerprint density at radius 1 is 0.867 bits per heavy atom. The number of hydrogen-bond acceptors (Lipinski definition) is 3.